The Morgan fingerprint density at radius 1 is 1.44 bits per heavy atom. The summed E-state index contributed by atoms with van der Waals surface area (Å²) >= 11 is 0. The number of hydrogen-bond donors (Lipinski definition) is 1. The minimum atomic E-state index is 0.0941. The Morgan fingerprint density at radius 2 is 2.19 bits per heavy atom. The van der Waals surface area contributed by atoms with Gasteiger partial charge in [0.15, 0.2) is 0 Å². The van der Waals surface area contributed by atoms with Crippen LogP contribution in [0, 0.1) is 0 Å². The molecule has 1 unspecified atom stereocenters. The molecule has 0 bridgehead atoms. The van der Waals surface area contributed by atoms with Gasteiger partial charge in [-0.05, 0) is 37.5 Å². The van der Waals surface area contributed by atoms with Gasteiger partial charge in [-0.15, -0.1) is 0 Å². The highest BCUT2D eigenvalue weighted by molar-refractivity contribution is 5.83. The molecule has 0 aliphatic heterocycles. The van der Waals surface area contributed by atoms with Crippen molar-refractivity contribution >= 4 is 10.9 Å². The molecule has 2 N–H and O–H groups in total. The molecule has 2 aromatic rings. The molecule has 1 aliphatic rings. The summed E-state index contributed by atoms with van der Waals surface area (Å²) in [7, 11) is 2.04. The zero-order valence-corrected chi connectivity index (χ0v) is 9.77. The van der Waals surface area contributed by atoms with Crippen molar-refractivity contribution in [1.29, 1.82) is 0 Å². The van der Waals surface area contributed by atoms with Crippen LogP contribution in [0.1, 0.15) is 43.0 Å². The summed E-state index contributed by atoms with van der Waals surface area (Å²) in [6.45, 7) is 2.02. The van der Waals surface area contributed by atoms with E-state index in [9.17, 15) is 0 Å². The summed E-state index contributed by atoms with van der Waals surface area (Å²) in [4.78, 5) is 0. The van der Waals surface area contributed by atoms with Crippen LogP contribution in [-0.4, -0.2) is 9.78 Å². The Balaban J connectivity index is 2.23. The number of hydrogen-bond acceptors (Lipinski definition) is 2. The van der Waals surface area contributed by atoms with Crippen LogP contribution in [0.15, 0.2) is 18.2 Å². The van der Waals surface area contributed by atoms with E-state index in [1.165, 1.54) is 29.5 Å². The Morgan fingerprint density at radius 3 is 2.81 bits per heavy atom. The molecule has 1 saturated carbocycles. The molecule has 1 heterocycles. The number of aromatic nitrogens is 2. The van der Waals surface area contributed by atoms with Gasteiger partial charge in [0, 0.05) is 30.1 Å². The molecular formula is C13H17N3. The number of nitrogens with two attached hydrogens (primary N) is 1. The molecule has 3 rings (SSSR count). The largest absolute Gasteiger partial charge is 0.324 e. The van der Waals surface area contributed by atoms with Crippen LogP contribution in [0.25, 0.3) is 10.9 Å². The maximum atomic E-state index is 5.93. The predicted octanol–water partition coefficient (Wildman–Crippen LogP) is 2.47. The Hall–Kier alpha value is -1.35. The van der Waals surface area contributed by atoms with Crippen molar-refractivity contribution in [3.05, 3.63) is 29.5 Å². The number of fused-ring (bicyclic) bond motifs is 1. The topological polar surface area (TPSA) is 43.8 Å². The minimum Gasteiger partial charge on any atom is -0.324 e. The second-order valence-electron chi connectivity index (χ2n) is 4.85. The first-order valence-electron chi connectivity index (χ1n) is 5.89. The van der Waals surface area contributed by atoms with Gasteiger partial charge in [-0.25, -0.2) is 0 Å². The van der Waals surface area contributed by atoms with Crippen LogP contribution in [0.3, 0.4) is 0 Å². The molecule has 0 radical (unpaired) electrons. The van der Waals surface area contributed by atoms with Gasteiger partial charge in [0.25, 0.3) is 0 Å². The van der Waals surface area contributed by atoms with Gasteiger partial charge in [0.05, 0.1) is 5.52 Å². The lowest BCUT2D eigenvalue weighted by Gasteiger charge is -2.05. The summed E-state index contributed by atoms with van der Waals surface area (Å²) < 4.78 is 2.04. The summed E-state index contributed by atoms with van der Waals surface area (Å²) in [5.41, 5.74) is 9.60. The summed E-state index contributed by atoms with van der Waals surface area (Å²) in [6, 6.07) is 6.47. The Labute approximate surface area is 95.2 Å². The van der Waals surface area contributed by atoms with E-state index in [0.29, 0.717) is 0 Å². The molecule has 1 atom stereocenters. The van der Waals surface area contributed by atoms with Crippen molar-refractivity contribution in [3.63, 3.8) is 0 Å². The fourth-order valence-electron chi connectivity index (χ4n) is 2.36. The maximum Gasteiger partial charge on any atom is 0.0926 e. The van der Waals surface area contributed by atoms with E-state index >= 15 is 0 Å². The molecule has 3 heteroatoms. The van der Waals surface area contributed by atoms with Crippen LogP contribution >= 0.6 is 0 Å². The first kappa shape index (κ1) is 9.85. The highest BCUT2D eigenvalue weighted by atomic mass is 15.3. The van der Waals surface area contributed by atoms with Gasteiger partial charge in [-0.2, -0.15) is 5.10 Å². The van der Waals surface area contributed by atoms with Crippen molar-refractivity contribution in [3.8, 4) is 0 Å². The third-order valence-corrected chi connectivity index (χ3v) is 3.39. The van der Waals surface area contributed by atoms with Crippen LogP contribution < -0.4 is 5.73 Å². The number of nitrogens with zero attached hydrogens (tertiary/aromatic N) is 2. The van der Waals surface area contributed by atoms with Crippen molar-refractivity contribution < 1.29 is 0 Å². The standard InChI is InChI=1S/C13H17N3/c1-8(14)10-5-6-12-11(7-10)13(9-3-4-9)16(2)15-12/h5-9H,3-4,14H2,1-2H3. The van der Waals surface area contributed by atoms with Gasteiger partial charge in [-0.3, -0.25) is 4.68 Å². The second-order valence-corrected chi connectivity index (χ2v) is 4.85. The van der Waals surface area contributed by atoms with E-state index in [-0.39, 0.29) is 6.04 Å². The molecule has 0 spiro atoms. The van der Waals surface area contributed by atoms with Crippen molar-refractivity contribution in [2.75, 3.05) is 0 Å². The van der Waals surface area contributed by atoms with Crippen LogP contribution in [0.5, 0.6) is 0 Å². The van der Waals surface area contributed by atoms with Crippen molar-refractivity contribution in [2.24, 2.45) is 12.8 Å². The van der Waals surface area contributed by atoms with Gasteiger partial charge in [-0.1, -0.05) is 6.07 Å². The highest BCUT2D eigenvalue weighted by Crippen LogP contribution is 2.43. The minimum absolute atomic E-state index is 0.0941. The van der Waals surface area contributed by atoms with Crippen LogP contribution in [-0.2, 0) is 7.05 Å². The molecule has 84 valence electrons. The lowest BCUT2D eigenvalue weighted by molar-refractivity contribution is 0.723. The Bertz CT molecular complexity index is 535. The van der Waals surface area contributed by atoms with Gasteiger partial charge in [0.1, 0.15) is 0 Å². The second kappa shape index (κ2) is 3.32. The van der Waals surface area contributed by atoms with Gasteiger partial charge < -0.3 is 5.73 Å². The highest BCUT2D eigenvalue weighted by Gasteiger charge is 2.29. The molecule has 1 aromatic heterocycles. The molecule has 0 saturated heterocycles. The first-order chi connectivity index (χ1) is 7.66. The number of aryl methyl sites for hydroxylation is 1. The zero-order valence-electron chi connectivity index (χ0n) is 9.77. The molecular weight excluding hydrogens is 198 g/mol. The molecule has 1 aliphatic carbocycles. The fraction of sp³-hybridized carbons (Fsp3) is 0.462. The quantitative estimate of drug-likeness (QED) is 0.836. The predicted molar refractivity (Wildman–Crippen MR) is 65.3 cm³/mol. The Kier molecular flexibility index (Phi) is 2.04. The molecule has 1 aromatic carbocycles. The van der Waals surface area contributed by atoms with E-state index in [1.807, 2.05) is 18.7 Å². The average molecular weight is 215 g/mol. The van der Waals surface area contributed by atoms with Gasteiger partial charge in [0.2, 0.25) is 0 Å². The van der Waals surface area contributed by atoms with Crippen LogP contribution in [0.2, 0.25) is 0 Å². The fourth-order valence-corrected chi connectivity index (χ4v) is 2.36. The zero-order chi connectivity index (χ0) is 11.3. The monoisotopic (exact) mass is 215 g/mol. The molecule has 0 amide bonds. The van der Waals surface area contributed by atoms with E-state index < -0.39 is 0 Å². The lowest BCUT2D eigenvalue weighted by atomic mass is 10.0. The lowest BCUT2D eigenvalue weighted by Crippen LogP contribution is -2.04. The van der Waals surface area contributed by atoms with E-state index in [1.54, 1.807) is 0 Å². The molecule has 1 fully saturated rings. The third-order valence-electron chi connectivity index (χ3n) is 3.39. The SMILES string of the molecule is CC(N)c1ccc2nn(C)c(C3CC3)c2c1. The van der Waals surface area contributed by atoms with Gasteiger partial charge >= 0.3 is 0 Å². The van der Waals surface area contributed by atoms with E-state index in [2.05, 4.69) is 23.3 Å². The first-order valence-corrected chi connectivity index (χ1v) is 5.89. The number of benzene rings is 1. The smallest absolute Gasteiger partial charge is 0.0926 e. The summed E-state index contributed by atoms with van der Waals surface area (Å²) in [5, 5.41) is 5.84. The summed E-state index contributed by atoms with van der Waals surface area (Å²) in [5.74, 6) is 0.721. The van der Waals surface area contributed by atoms with Crippen LogP contribution in [0.4, 0.5) is 0 Å². The van der Waals surface area contributed by atoms with E-state index in [4.69, 9.17) is 5.73 Å². The van der Waals surface area contributed by atoms with Crippen molar-refractivity contribution in [2.45, 2.75) is 31.7 Å². The third kappa shape index (κ3) is 1.43. The maximum absolute atomic E-state index is 5.93. The average Bonchev–Trinajstić information content (AvgIpc) is 3.00. The molecule has 16 heavy (non-hydrogen) atoms. The normalized spacial score (nSPS) is 17.9. The van der Waals surface area contributed by atoms with Crippen molar-refractivity contribution in [1.82, 2.24) is 9.78 Å². The number of rotatable bonds is 2. The van der Waals surface area contributed by atoms with E-state index in [0.717, 1.165) is 11.4 Å². The molecule has 3 nitrogen and oxygen atoms in total. The summed E-state index contributed by atoms with van der Waals surface area (Å²) in [6.07, 6.45) is 2.61.